The average molecular weight is 233 g/mol. The van der Waals surface area contributed by atoms with E-state index in [-0.39, 0.29) is 0 Å². The Morgan fingerprint density at radius 1 is 1.18 bits per heavy atom. The van der Waals surface area contributed by atoms with Crippen molar-refractivity contribution in [1.82, 2.24) is 5.32 Å². The Bertz CT molecular complexity index is 399. The van der Waals surface area contributed by atoms with Gasteiger partial charge in [0.1, 0.15) is 5.75 Å². The van der Waals surface area contributed by atoms with Gasteiger partial charge in [-0.3, -0.25) is 0 Å². The zero-order valence-electron chi connectivity index (χ0n) is 9.98. The molecule has 92 valence electrons. The second-order valence-electron chi connectivity index (χ2n) is 5.03. The normalized spacial score (nSPS) is 24.8. The van der Waals surface area contributed by atoms with E-state index < -0.39 is 0 Å². The number of fused-ring (bicyclic) bond motifs is 1. The molecule has 1 aliphatic heterocycles. The van der Waals surface area contributed by atoms with Crippen molar-refractivity contribution in [2.75, 3.05) is 13.2 Å². The first-order valence-corrected chi connectivity index (χ1v) is 6.48. The lowest BCUT2D eigenvalue weighted by Gasteiger charge is -2.27. The van der Waals surface area contributed by atoms with Gasteiger partial charge in [0.05, 0.1) is 0 Å². The van der Waals surface area contributed by atoms with Gasteiger partial charge in [-0.15, -0.1) is 0 Å². The van der Waals surface area contributed by atoms with E-state index in [0.717, 1.165) is 38.9 Å². The van der Waals surface area contributed by atoms with Gasteiger partial charge in [-0.05, 0) is 48.9 Å². The number of hydrogen-bond donors (Lipinski definition) is 2. The predicted octanol–water partition coefficient (Wildman–Crippen LogP) is 2.15. The van der Waals surface area contributed by atoms with Crippen LogP contribution >= 0.6 is 0 Å². The highest BCUT2D eigenvalue weighted by Gasteiger charge is 2.25. The second kappa shape index (κ2) is 4.67. The molecule has 3 nitrogen and oxygen atoms in total. The predicted molar refractivity (Wildman–Crippen MR) is 66.1 cm³/mol. The maximum Gasteiger partial charge on any atom is 0.115 e. The van der Waals surface area contributed by atoms with Crippen LogP contribution in [0, 0.1) is 0 Å². The van der Waals surface area contributed by atoms with Crippen LogP contribution in [0.1, 0.15) is 36.4 Å². The number of phenolic OH excluding ortho intramolecular Hbond substituents is 1. The molecule has 1 atom stereocenters. The fraction of sp³-hybridized carbons (Fsp3) is 0.571. The lowest BCUT2D eigenvalue weighted by Crippen LogP contribution is -2.36. The van der Waals surface area contributed by atoms with Crippen LogP contribution < -0.4 is 5.32 Å². The van der Waals surface area contributed by atoms with Gasteiger partial charge in [-0.1, -0.05) is 6.07 Å². The van der Waals surface area contributed by atoms with Crippen LogP contribution in [0.5, 0.6) is 5.75 Å². The number of aryl methyl sites for hydroxylation is 1. The van der Waals surface area contributed by atoms with Crippen LogP contribution in [0.25, 0.3) is 0 Å². The summed E-state index contributed by atoms with van der Waals surface area (Å²) in [4.78, 5) is 0. The Kier molecular flexibility index (Phi) is 3.04. The summed E-state index contributed by atoms with van der Waals surface area (Å²) in [6, 6.07) is 6.82. The van der Waals surface area contributed by atoms with Gasteiger partial charge in [-0.2, -0.15) is 0 Å². The molecular weight excluding hydrogens is 214 g/mol. The highest BCUT2D eigenvalue weighted by atomic mass is 16.5. The molecule has 1 unspecified atom stereocenters. The molecule has 17 heavy (non-hydrogen) atoms. The zero-order chi connectivity index (χ0) is 11.7. The van der Waals surface area contributed by atoms with E-state index in [0.29, 0.717) is 17.8 Å². The number of aromatic hydroxyl groups is 1. The van der Waals surface area contributed by atoms with E-state index in [4.69, 9.17) is 4.74 Å². The molecule has 1 aromatic carbocycles. The van der Waals surface area contributed by atoms with Crippen LogP contribution in [0.2, 0.25) is 0 Å². The summed E-state index contributed by atoms with van der Waals surface area (Å²) >= 11 is 0. The molecule has 2 aliphatic rings. The van der Waals surface area contributed by atoms with E-state index in [1.54, 1.807) is 6.07 Å². The Morgan fingerprint density at radius 2 is 2.00 bits per heavy atom. The zero-order valence-corrected chi connectivity index (χ0v) is 9.98. The van der Waals surface area contributed by atoms with Crippen molar-refractivity contribution < 1.29 is 9.84 Å². The van der Waals surface area contributed by atoms with Gasteiger partial charge in [0, 0.05) is 25.3 Å². The monoisotopic (exact) mass is 233 g/mol. The topological polar surface area (TPSA) is 41.5 Å². The molecule has 0 spiro atoms. The number of hydrogen-bond acceptors (Lipinski definition) is 3. The Morgan fingerprint density at radius 3 is 2.82 bits per heavy atom. The third kappa shape index (κ3) is 2.31. The fourth-order valence-electron chi connectivity index (χ4n) is 2.93. The molecule has 1 heterocycles. The molecule has 0 saturated carbocycles. The summed E-state index contributed by atoms with van der Waals surface area (Å²) in [7, 11) is 0. The highest BCUT2D eigenvalue weighted by Crippen LogP contribution is 2.34. The molecule has 3 rings (SSSR count). The number of phenols is 1. The van der Waals surface area contributed by atoms with E-state index in [9.17, 15) is 5.11 Å². The molecule has 1 saturated heterocycles. The molecule has 2 N–H and O–H groups in total. The molecule has 3 heteroatoms. The quantitative estimate of drug-likeness (QED) is 0.822. The second-order valence-corrected chi connectivity index (χ2v) is 5.03. The first-order valence-electron chi connectivity index (χ1n) is 6.48. The molecule has 1 aromatic rings. The van der Waals surface area contributed by atoms with Gasteiger partial charge < -0.3 is 15.2 Å². The van der Waals surface area contributed by atoms with Crippen molar-refractivity contribution in [2.45, 2.75) is 37.8 Å². The largest absolute Gasteiger partial charge is 0.508 e. The Labute approximate surface area is 102 Å². The summed E-state index contributed by atoms with van der Waals surface area (Å²) < 4.78 is 5.38. The first kappa shape index (κ1) is 11.1. The van der Waals surface area contributed by atoms with Crippen LogP contribution in [0.3, 0.4) is 0 Å². The maximum atomic E-state index is 9.47. The van der Waals surface area contributed by atoms with Crippen molar-refractivity contribution in [3.05, 3.63) is 29.3 Å². The van der Waals surface area contributed by atoms with Crippen molar-refractivity contribution in [1.29, 1.82) is 0 Å². The lowest BCUT2D eigenvalue weighted by molar-refractivity contribution is 0.0749. The minimum Gasteiger partial charge on any atom is -0.508 e. The summed E-state index contributed by atoms with van der Waals surface area (Å²) in [6.07, 6.45) is 4.45. The van der Waals surface area contributed by atoms with Crippen molar-refractivity contribution in [2.24, 2.45) is 0 Å². The molecule has 1 fully saturated rings. The molecule has 0 radical (unpaired) electrons. The summed E-state index contributed by atoms with van der Waals surface area (Å²) in [5.74, 6) is 0.385. The van der Waals surface area contributed by atoms with Gasteiger partial charge in [0.15, 0.2) is 0 Å². The number of nitrogens with one attached hydrogen (secondary N) is 1. The van der Waals surface area contributed by atoms with Gasteiger partial charge in [0.2, 0.25) is 0 Å². The third-order valence-corrected chi connectivity index (χ3v) is 3.86. The minimum atomic E-state index is 0.385. The smallest absolute Gasteiger partial charge is 0.115 e. The van der Waals surface area contributed by atoms with E-state index >= 15 is 0 Å². The van der Waals surface area contributed by atoms with Crippen molar-refractivity contribution in [3.63, 3.8) is 0 Å². The van der Waals surface area contributed by atoms with E-state index in [1.807, 2.05) is 6.07 Å². The van der Waals surface area contributed by atoms with Gasteiger partial charge in [0.25, 0.3) is 0 Å². The van der Waals surface area contributed by atoms with Crippen LogP contribution in [-0.2, 0) is 11.2 Å². The lowest BCUT2D eigenvalue weighted by atomic mass is 10.0. The molecule has 0 aromatic heterocycles. The molecule has 0 bridgehead atoms. The maximum absolute atomic E-state index is 9.47. The summed E-state index contributed by atoms with van der Waals surface area (Å²) in [6.45, 7) is 1.76. The summed E-state index contributed by atoms with van der Waals surface area (Å²) in [5, 5.41) is 13.2. The fourth-order valence-corrected chi connectivity index (χ4v) is 2.93. The van der Waals surface area contributed by atoms with E-state index in [2.05, 4.69) is 11.4 Å². The molecule has 1 aliphatic carbocycles. The average Bonchev–Trinajstić information content (AvgIpc) is 2.73. The number of ether oxygens (including phenoxy) is 1. The minimum absolute atomic E-state index is 0.385. The van der Waals surface area contributed by atoms with Gasteiger partial charge in [-0.25, -0.2) is 0 Å². The Balaban J connectivity index is 1.70. The van der Waals surface area contributed by atoms with Crippen LogP contribution in [-0.4, -0.2) is 24.4 Å². The van der Waals surface area contributed by atoms with E-state index in [1.165, 1.54) is 11.1 Å². The van der Waals surface area contributed by atoms with Crippen molar-refractivity contribution in [3.8, 4) is 5.75 Å². The number of benzene rings is 1. The SMILES string of the molecule is Oc1ccc2c(c1)CCC2NC1CCOCC1. The molecular formula is C14H19NO2. The molecule has 0 amide bonds. The van der Waals surface area contributed by atoms with Crippen LogP contribution in [0.15, 0.2) is 18.2 Å². The summed E-state index contributed by atoms with van der Waals surface area (Å²) in [5.41, 5.74) is 2.67. The van der Waals surface area contributed by atoms with Crippen molar-refractivity contribution >= 4 is 0 Å². The standard InChI is InChI=1S/C14H19NO2/c16-12-2-3-13-10(9-12)1-4-14(13)15-11-5-7-17-8-6-11/h2-3,9,11,14-16H,1,4-8H2. The first-order chi connectivity index (χ1) is 8.33. The van der Waals surface area contributed by atoms with Gasteiger partial charge >= 0.3 is 0 Å². The highest BCUT2D eigenvalue weighted by molar-refractivity contribution is 5.40. The Hall–Kier alpha value is -1.06. The van der Waals surface area contributed by atoms with Crippen LogP contribution in [0.4, 0.5) is 0 Å². The third-order valence-electron chi connectivity index (χ3n) is 3.86. The number of rotatable bonds is 2.